The lowest BCUT2D eigenvalue weighted by atomic mass is 10.3. The molecule has 2 rings (SSSR count). The number of ether oxygens (including phenoxy) is 1. The van der Waals surface area contributed by atoms with Crippen LogP contribution in [0.2, 0.25) is 0 Å². The molecule has 1 unspecified atom stereocenters. The Labute approximate surface area is 94.3 Å². The maximum Gasteiger partial charge on any atom is 0.123 e. The van der Waals surface area contributed by atoms with Gasteiger partial charge in [-0.2, -0.15) is 0 Å². The minimum absolute atomic E-state index is 0.166. The monoisotopic (exact) mass is 227 g/mol. The lowest BCUT2D eigenvalue weighted by Gasteiger charge is -2.28. The molecule has 0 saturated carbocycles. The fraction of sp³-hybridized carbons (Fsp3) is 0.700. The third kappa shape index (κ3) is 2.75. The highest BCUT2D eigenvalue weighted by Crippen LogP contribution is 2.25. The Morgan fingerprint density at radius 2 is 2.60 bits per heavy atom. The maximum absolute atomic E-state index is 5.71. The molecule has 2 heterocycles. The molecule has 1 atom stereocenters. The van der Waals surface area contributed by atoms with Gasteiger partial charge in [-0.15, -0.1) is 11.3 Å². The highest BCUT2D eigenvalue weighted by Gasteiger charge is 2.22. The van der Waals surface area contributed by atoms with E-state index in [-0.39, 0.29) is 6.10 Å². The summed E-state index contributed by atoms with van der Waals surface area (Å²) in [5.41, 5.74) is 0. The number of nitrogens with one attached hydrogen (secondary N) is 1. The number of morpholine rings is 1. The number of nitrogens with zero attached hydrogens (tertiary/aromatic N) is 2. The predicted octanol–water partition coefficient (Wildman–Crippen LogP) is 0.866. The Morgan fingerprint density at radius 1 is 1.73 bits per heavy atom. The quantitative estimate of drug-likeness (QED) is 0.831. The van der Waals surface area contributed by atoms with Gasteiger partial charge in [0, 0.05) is 30.7 Å². The van der Waals surface area contributed by atoms with E-state index in [0.717, 1.165) is 31.2 Å². The van der Waals surface area contributed by atoms with Gasteiger partial charge in [-0.25, -0.2) is 4.98 Å². The fourth-order valence-corrected chi connectivity index (χ4v) is 2.62. The third-order valence-corrected chi connectivity index (χ3v) is 3.56. The highest BCUT2D eigenvalue weighted by molar-refractivity contribution is 7.11. The minimum atomic E-state index is 0.166. The molecule has 1 N–H and O–H groups in total. The van der Waals surface area contributed by atoms with Crippen molar-refractivity contribution in [3.05, 3.63) is 16.1 Å². The summed E-state index contributed by atoms with van der Waals surface area (Å²) in [7, 11) is 4.07. The predicted molar refractivity (Wildman–Crippen MR) is 61.1 cm³/mol. The van der Waals surface area contributed by atoms with Crippen molar-refractivity contribution in [2.45, 2.75) is 12.6 Å². The van der Waals surface area contributed by atoms with Crippen LogP contribution in [0.4, 0.5) is 0 Å². The molecule has 84 valence electrons. The van der Waals surface area contributed by atoms with Gasteiger partial charge in [0.05, 0.1) is 6.61 Å². The van der Waals surface area contributed by atoms with Gasteiger partial charge >= 0.3 is 0 Å². The molecule has 1 aromatic heterocycles. The lowest BCUT2D eigenvalue weighted by molar-refractivity contribution is -0.0209. The first-order chi connectivity index (χ1) is 7.29. The van der Waals surface area contributed by atoms with Crippen LogP contribution in [0, 0.1) is 0 Å². The topological polar surface area (TPSA) is 37.4 Å². The van der Waals surface area contributed by atoms with Crippen molar-refractivity contribution in [1.82, 2.24) is 15.2 Å². The van der Waals surface area contributed by atoms with E-state index in [1.165, 1.54) is 4.88 Å². The number of hydrogen-bond donors (Lipinski definition) is 1. The van der Waals surface area contributed by atoms with Gasteiger partial charge in [-0.1, -0.05) is 0 Å². The summed E-state index contributed by atoms with van der Waals surface area (Å²) in [5.74, 6) is 0. The van der Waals surface area contributed by atoms with Gasteiger partial charge in [-0.05, 0) is 14.1 Å². The first-order valence-corrected chi connectivity index (χ1v) is 6.00. The summed E-state index contributed by atoms with van der Waals surface area (Å²) in [4.78, 5) is 7.97. The number of hydrogen-bond acceptors (Lipinski definition) is 5. The molecule has 1 aliphatic heterocycles. The highest BCUT2D eigenvalue weighted by atomic mass is 32.1. The van der Waals surface area contributed by atoms with Crippen molar-refractivity contribution in [2.24, 2.45) is 0 Å². The molecule has 0 amide bonds. The summed E-state index contributed by atoms with van der Waals surface area (Å²) in [6.07, 6.45) is 2.11. The van der Waals surface area contributed by atoms with E-state index in [9.17, 15) is 0 Å². The average molecular weight is 227 g/mol. The first kappa shape index (κ1) is 11.0. The van der Waals surface area contributed by atoms with Gasteiger partial charge in [-0.3, -0.25) is 0 Å². The maximum atomic E-state index is 5.71. The first-order valence-electron chi connectivity index (χ1n) is 5.19. The molecule has 5 heteroatoms. The Bertz CT molecular complexity index is 315. The van der Waals surface area contributed by atoms with Crippen molar-refractivity contribution < 1.29 is 4.74 Å². The summed E-state index contributed by atoms with van der Waals surface area (Å²) >= 11 is 1.74. The standard InChI is InChI=1S/C10H17N3OS/c1-11-5-8-6-12-10(15-8)9-7-13(2)3-4-14-9/h6,9,11H,3-5,7H2,1-2H3. The molecule has 0 aromatic carbocycles. The van der Waals surface area contributed by atoms with E-state index < -0.39 is 0 Å². The molecule has 15 heavy (non-hydrogen) atoms. The zero-order valence-corrected chi connectivity index (χ0v) is 10.0. The molecule has 1 saturated heterocycles. The smallest absolute Gasteiger partial charge is 0.123 e. The van der Waals surface area contributed by atoms with E-state index in [1.54, 1.807) is 11.3 Å². The molecular weight excluding hydrogens is 210 g/mol. The van der Waals surface area contributed by atoms with E-state index in [4.69, 9.17) is 4.74 Å². The van der Waals surface area contributed by atoms with Crippen LogP contribution in [-0.4, -0.2) is 43.7 Å². The second-order valence-corrected chi connectivity index (χ2v) is 4.96. The summed E-state index contributed by atoms with van der Waals surface area (Å²) in [6.45, 7) is 3.67. The van der Waals surface area contributed by atoms with Crippen LogP contribution >= 0.6 is 11.3 Å². The Hall–Kier alpha value is -0.490. The third-order valence-electron chi connectivity index (χ3n) is 2.47. The van der Waals surface area contributed by atoms with Crippen molar-refractivity contribution in [2.75, 3.05) is 33.8 Å². The van der Waals surface area contributed by atoms with Crippen LogP contribution in [0.5, 0.6) is 0 Å². The van der Waals surface area contributed by atoms with Crippen LogP contribution in [0.25, 0.3) is 0 Å². The molecule has 4 nitrogen and oxygen atoms in total. The number of rotatable bonds is 3. The normalized spacial score (nSPS) is 23.2. The van der Waals surface area contributed by atoms with Crippen LogP contribution < -0.4 is 5.32 Å². The second kappa shape index (κ2) is 5.03. The number of aromatic nitrogens is 1. The fourth-order valence-electron chi connectivity index (χ4n) is 1.65. The van der Waals surface area contributed by atoms with Crippen LogP contribution in [-0.2, 0) is 11.3 Å². The minimum Gasteiger partial charge on any atom is -0.368 e. The molecule has 0 radical (unpaired) electrons. The van der Waals surface area contributed by atoms with Crippen LogP contribution in [0.3, 0.4) is 0 Å². The molecular formula is C10H17N3OS. The Balaban J connectivity index is 2.01. The zero-order chi connectivity index (χ0) is 10.7. The van der Waals surface area contributed by atoms with Gasteiger partial charge in [0.2, 0.25) is 0 Å². The summed E-state index contributed by atoms with van der Waals surface area (Å²) < 4.78 is 5.71. The van der Waals surface area contributed by atoms with Crippen LogP contribution in [0.1, 0.15) is 16.0 Å². The number of thiazole rings is 1. The SMILES string of the molecule is CNCc1cnc(C2CN(C)CCO2)s1. The van der Waals surface area contributed by atoms with Crippen molar-refractivity contribution in [1.29, 1.82) is 0 Å². The number of likely N-dealkylation sites (N-methyl/N-ethyl adjacent to an activating group) is 1. The van der Waals surface area contributed by atoms with E-state index >= 15 is 0 Å². The largest absolute Gasteiger partial charge is 0.368 e. The van der Waals surface area contributed by atoms with Crippen molar-refractivity contribution in [3.63, 3.8) is 0 Å². The van der Waals surface area contributed by atoms with Crippen molar-refractivity contribution in [3.8, 4) is 0 Å². The Morgan fingerprint density at radius 3 is 3.33 bits per heavy atom. The molecule has 1 aromatic rings. The molecule has 0 aliphatic carbocycles. The molecule has 0 bridgehead atoms. The van der Waals surface area contributed by atoms with Gasteiger partial charge in [0.1, 0.15) is 11.1 Å². The van der Waals surface area contributed by atoms with E-state index in [1.807, 2.05) is 13.2 Å². The lowest BCUT2D eigenvalue weighted by Crippen LogP contribution is -2.35. The summed E-state index contributed by atoms with van der Waals surface area (Å²) in [6, 6.07) is 0. The molecule has 0 spiro atoms. The Kier molecular flexibility index (Phi) is 3.69. The zero-order valence-electron chi connectivity index (χ0n) is 9.19. The van der Waals surface area contributed by atoms with E-state index in [2.05, 4.69) is 22.2 Å². The van der Waals surface area contributed by atoms with Gasteiger partial charge in [0.15, 0.2) is 0 Å². The van der Waals surface area contributed by atoms with E-state index in [0.29, 0.717) is 0 Å². The van der Waals surface area contributed by atoms with Crippen molar-refractivity contribution >= 4 is 11.3 Å². The van der Waals surface area contributed by atoms with Gasteiger partial charge in [0.25, 0.3) is 0 Å². The second-order valence-electron chi connectivity index (χ2n) is 3.82. The van der Waals surface area contributed by atoms with Gasteiger partial charge < -0.3 is 15.0 Å². The average Bonchev–Trinajstić information content (AvgIpc) is 2.67. The summed E-state index contributed by atoms with van der Waals surface area (Å²) in [5, 5.41) is 4.23. The van der Waals surface area contributed by atoms with Crippen LogP contribution in [0.15, 0.2) is 6.20 Å². The molecule has 1 aliphatic rings. The molecule has 1 fully saturated rings.